The molecule has 0 spiro atoms. The Morgan fingerprint density at radius 1 is 1.30 bits per heavy atom. The molecule has 2 rings (SSSR count). The molecule has 0 radical (unpaired) electrons. The zero-order chi connectivity index (χ0) is 14.5. The molecule has 8 heteroatoms. The smallest absolute Gasteiger partial charge is 0.304 e. The highest BCUT2D eigenvalue weighted by Gasteiger charge is 2.09. The van der Waals surface area contributed by atoms with Gasteiger partial charge < -0.3 is 15.6 Å². The van der Waals surface area contributed by atoms with E-state index in [0.29, 0.717) is 24.5 Å². The van der Waals surface area contributed by atoms with Gasteiger partial charge in [0.25, 0.3) is 5.69 Å². The van der Waals surface area contributed by atoms with E-state index in [1.54, 1.807) is 11.4 Å². The van der Waals surface area contributed by atoms with Crippen LogP contribution in [0.2, 0.25) is 0 Å². The number of thiazole rings is 1. The van der Waals surface area contributed by atoms with E-state index in [0.717, 1.165) is 17.0 Å². The average Bonchev–Trinajstić information content (AvgIpc) is 2.82. The maximum Gasteiger partial charge on any atom is 0.304 e. The summed E-state index contributed by atoms with van der Waals surface area (Å²) in [6, 6.07) is 4.74. The third-order valence-corrected chi connectivity index (χ3v) is 3.28. The zero-order valence-electron chi connectivity index (χ0n) is 10.8. The molecular weight excluding hydrogens is 280 g/mol. The summed E-state index contributed by atoms with van der Waals surface area (Å²) in [5.74, 6) is 0. The Morgan fingerprint density at radius 3 is 2.55 bits per heavy atom. The van der Waals surface area contributed by atoms with E-state index in [9.17, 15) is 14.9 Å². The summed E-state index contributed by atoms with van der Waals surface area (Å²) in [4.78, 5) is 24.0. The molecule has 0 bridgehead atoms. The molecule has 0 saturated heterocycles. The number of nitro groups is 1. The lowest BCUT2D eigenvalue weighted by Crippen LogP contribution is -2.04. The molecule has 106 valence electrons. The number of H-pyrrole nitrogens is 1. The number of hydrogen-bond donors (Lipinski definition) is 3. The predicted molar refractivity (Wildman–Crippen MR) is 79.5 cm³/mol. The molecule has 20 heavy (non-hydrogen) atoms. The number of nitro benzene ring substituents is 1. The lowest BCUT2D eigenvalue weighted by molar-refractivity contribution is -0.384. The summed E-state index contributed by atoms with van der Waals surface area (Å²) in [6.45, 7) is 3.01. The van der Waals surface area contributed by atoms with Crippen molar-refractivity contribution in [3.63, 3.8) is 0 Å². The normalized spacial score (nSPS) is 10.2. The Kier molecular flexibility index (Phi) is 4.36. The van der Waals surface area contributed by atoms with Crippen molar-refractivity contribution in [1.29, 1.82) is 0 Å². The maximum atomic E-state index is 11.0. The first-order valence-corrected chi connectivity index (χ1v) is 6.90. The van der Waals surface area contributed by atoms with Crippen LogP contribution in [0.3, 0.4) is 0 Å². The van der Waals surface area contributed by atoms with Gasteiger partial charge in [0.05, 0.1) is 11.5 Å². The van der Waals surface area contributed by atoms with Crippen molar-refractivity contribution in [3.8, 4) is 0 Å². The van der Waals surface area contributed by atoms with Gasteiger partial charge in [-0.3, -0.25) is 14.9 Å². The second-order valence-electron chi connectivity index (χ2n) is 4.08. The van der Waals surface area contributed by atoms with Crippen LogP contribution in [0.25, 0.3) is 0 Å². The van der Waals surface area contributed by atoms with Crippen molar-refractivity contribution in [3.05, 3.63) is 49.1 Å². The summed E-state index contributed by atoms with van der Waals surface area (Å²) in [5, 5.41) is 18.7. The van der Waals surface area contributed by atoms with Crippen LogP contribution >= 0.6 is 11.3 Å². The summed E-state index contributed by atoms with van der Waals surface area (Å²) in [6.07, 6.45) is 0. The Labute approximate surface area is 118 Å². The lowest BCUT2D eigenvalue weighted by atomic mass is 10.2. The van der Waals surface area contributed by atoms with E-state index in [1.165, 1.54) is 12.1 Å². The average molecular weight is 294 g/mol. The quantitative estimate of drug-likeness (QED) is 0.561. The number of aromatic amines is 1. The largest absolute Gasteiger partial charge is 0.385 e. The highest BCUT2D eigenvalue weighted by molar-refractivity contribution is 7.07. The SMILES string of the molecule is CCNc1cc(NCc2csc(=O)[nH]2)cc([N+](=O)[O-])c1. The van der Waals surface area contributed by atoms with Crippen LogP contribution in [0.1, 0.15) is 12.6 Å². The fourth-order valence-electron chi connectivity index (χ4n) is 1.72. The molecule has 0 aliphatic carbocycles. The maximum absolute atomic E-state index is 11.0. The second kappa shape index (κ2) is 6.20. The van der Waals surface area contributed by atoms with Crippen molar-refractivity contribution < 1.29 is 4.92 Å². The molecule has 0 aliphatic heterocycles. The van der Waals surface area contributed by atoms with Gasteiger partial charge >= 0.3 is 4.87 Å². The lowest BCUT2D eigenvalue weighted by Gasteiger charge is -2.08. The molecule has 7 nitrogen and oxygen atoms in total. The monoisotopic (exact) mass is 294 g/mol. The van der Waals surface area contributed by atoms with Gasteiger partial charge in [0.1, 0.15) is 0 Å². The van der Waals surface area contributed by atoms with Crippen molar-refractivity contribution in [1.82, 2.24) is 4.98 Å². The topological polar surface area (TPSA) is 100 Å². The number of aromatic nitrogens is 1. The first-order chi connectivity index (χ1) is 9.58. The van der Waals surface area contributed by atoms with Crippen LogP contribution in [-0.2, 0) is 6.54 Å². The van der Waals surface area contributed by atoms with E-state index in [2.05, 4.69) is 15.6 Å². The van der Waals surface area contributed by atoms with Crippen molar-refractivity contribution in [2.45, 2.75) is 13.5 Å². The van der Waals surface area contributed by atoms with Gasteiger partial charge in [-0.1, -0.05) is 11.3 Å². The first-order valence-electron chi connectivity index (χ1n) is 6.02. The Balaban J connectivity index is 2.17. The molecule has 0 aliphatic rings. The van der Waals surface area contributed by atoms with Crippen LogP contribution in [0.5, 0.6) is 0 Å². The number of non-ortho nitro benzene ring substituents is 1. The molecule has 0 saturated carbocycles. The second-order valence-corrected chi connectivity index (χ2v) is 4.93. The third kappa shape index (κ3) is 3.58. The molecule has 1 heterocycles. The van der Waals surface area contributed by atoms with Gasteiger partial charge in [-0.25, -0.2) is 0 Å². The first kappa shape index (κ1) is 14.1. The van der Waals surface area contributed by atoms with Gasteiger partial charge in [-0.2, -0.15) is 0 Å². The molecular formula is C12H14N4O3S. The molecule has 2 aromatic rings. The van der Waals surface area contributed by atoms with E-state index in [1.807, 2.05) is 6.92 Å². The zero-order valence-corrected chi connectivity index (χ0v) is 11.6. The fraction of sp³-hybridized carbons (Fsp3) is 0.250. The Hall–Kier alpha value is -2.35. The fourth-order valence-corrected chi connectivity index (χ4v) is 2.30. The van der Waals surface area contributed by atoms with Crippen LogP contribution < -0.4 is 15.5 Å². The van der Waals surface area contributed by atoms with Gasteiger partial charge in [0, 0.05) is 41.1 Å². The summed E-state index contributed by atoms with van der Waals surface area (Å²) in [7, 11) is 0. The predicted octanol–water partition coefficient (Wildman–Crippen LogP) is 2.39. The van der Waals surface area contributed by atoms with Crippen LogP contribution in [0.15, 0.2) is 28.4 Å². The highest BCUT2D eigenvalue weighted by Crippen LogP contribution is 2.24. The van der Waals surface area contributed by atoms with Gasteiger partial charge in [-0.15, -0.1) is 0 Å². The summed E-state index contributed by atoms with van der Waals surface area (Å²) >= 11 is 1.09. The Morgan fingerprint density at radius 2 is 2.00 bits per heavy atom. The number of hydrogen-bond acceptors (Lipinski definition) is 6. The van der Waals surface area contributed by atoms with Crippen LogP contribution in [0.4, 0.5) is 17.1 Å². The standard InChI is InChI=1S/C12H14N4O3S/c1-2-13-8-3-9(5-11(4-8)16(18)19)14-6-10-7-20-12(17)15-10/h3-5,7,13-14H,2,6H2,1H3,(H,15,17). The third-order valence-electron chi connectivity index (χ3n) is 2.56. The molecule has 0 amide bonds. The van der Waals surface area contributed by atoms with E-state index in [-0.39, 0.29) is 10.6 Å². The van der Waals surface area contributed by atoms with E-state index in [4.69, 9.17) is 0 Å². The molecule has 0 unspecified atom stereocenters. The van der Waals surface area contributed by atoms with Crippen molar-refractivity contribution in [2.75, 3.05) is 17.2 Å². The minimum Gasteiger partial charge on any atom is -0.385 e. The van der Waals surface area contributed by atoms with E-state index >= 15 is 0 Å². The number of nitrogens with zero attached hydrogens (tertiary/aromatic N) is 1. The minimum atomic E-state index is -0.432. The van der Waals surface area contributed by atoms with Gasteiger partial charge in [0.2, 0.25) is 0 Å². The molecule has 0 fully saturated rings. The van der Waals surface area contributed by atoms with Crippen molar-refractivity contribution in [2.24, 2.45) is 0 Å². The van der Waals surface area contributed by atoms with Gasteiger partial charge in [0.15, 0.2) is 0 Å². The Bertz CT molecular complexity index is 665. The molecule has 1 aromatic heterocycles. The molecule has 1 aromatic carbocycles. The number of benzene rings is 1. The summed E-state index contributed by atoms with van der Waals surface area (Å²) in [5.41, 5.74) is 2.08. The highest BCUT2D eigenvalue weighted by atomic mass is 32.1. The van der Waals surface area contributed by atoms with E-state index < -0.39 is 4.92 Å². The van der Waals surface area contributed by atoms with Gasteiger partial charge in [-0.05, 0) is 13.0 Å². The van der Waals surface area contributed by atoms with Crippen molar-refractivity contribution >= 4 is 28.4 Å². The number of anilines is 2. The minimum absolute atomic E-state index is 0.0183. The molecule has 3 N–H and O–H groups in total. The summed E-state index contributed by atoms with van der Waals surface area (Å²) < 4.78 is 0. The van der Waals surface area contributed by atoms with Crippen LogP contribution in [0, 0.1) is 10.1 Å². The van der Waals surface area contributed by atoms with Crippen LogP contribution in [-0.4, -0.2) is 16.5 Å². The number of rotatable bonds is 6. The molecule has 0 atom stereocenters. The number of nitrogens with one attached hydrogen (secondary N) is 3.